The zero-order valence-corrected chi connectivity index (χ0v) is 24.0. The van der Waals surface area contributed by atoms with Crippen LogP contribution in [-0.4, -0.2) is 12.6 Å². The zero-order valence-electron chi connectivity index (χ0n) is 24.0. The molecule has 0 bridgehead atoms. The third-order valence-electron chi connectivity index (χ3n) is 6.84. The molecule has 0 aliphatic rings. The highest BCUT2D eigenvalue weighted by atomic mass is 16.5. The van der Waals surface area contributed by atoms with Gasteiger partial charge in [0.1, 0.15) is 0 Å². The topological polar surface area (TPSA) is 26.3 Å². The summed E-state index contributed by atoms with van der Waals surface area (Å²) in [6.07, 6.45) is 40.8. The van der Waals surface area contributed by atoms with Gasteiger partial charge in [0.05, 0.1) is 6.61 Å². The van der Waals surface area contributed by atoms with Gasteiger partial charge in [0.15, 0.2) is 0 Å². The van der Waals surface area contributed by atoms with E-state index < -0.39 is 0 Å². The van der Waals surface area contributed by atoms with Crippen LogP contribution in [0.3, 0.4) is 0 Å². The highest BCUT2D eigenvalue weighted by Crippen LogP contribution is 2.13. The average molecular weight is 491 g/mol. The molecule has 2 nitrogen and oxygen atoms in total. The zero-order chi connectivity index (χ0) is 25.5. The maximum absolute atomic E-state index is 11.8. The van der Waals surface area contributed by atoms with E-state index in [0.717, 1.165) is 32.1 Å². The van der Waals surface area contributed by atoms with E-state index in [1.165, 1.54) is 122 Å². The van der Waals surface area contributed by atoms with Gasteiger partial charge in [-0.3, -0.25) is 4.79 Å². The van der Waals surface area contributed by atoms with Gasteiger partial charge in [0.2, 0.25) is 0 Å². The molecule has 0 saturated heterocycles. The molecule has 0 amide bonds. The summed E-state index contributed by atoms with van der Waals surface area (Å²) in [5.74, 6) is -0.000819. The summed E-state index contributed by atoms with van der Waals surface area (Å²) in [7, 11) is 0. The molecular formula is C33H62O2. The lowest BCUT2D eigenvalue weighted by Gasteiger charge is -2.05. The molecule has 0 aliphatic heterocycles. The number of unbranched alkanes of at least 4 members (excludes halogenated alkanes) is 20. The molecule has 0 aromatic heterocycles. The first-order chi connectivity index (χ1) is 17.3. The molecule has 0 N–H and O–H groups in total. The second-order valence-corrected chi connectivity index (χ2v) is 10.4. The minimum Gasteiger partial charge on any atom is -0.466 e. The van der Waals surface area contributed by atoms with Crippen LogP contribution in [0.15, 0.2) is 24.3 Å². The molecular weight excluding hydrogens is 428 g/mol. The van der Waals surface area contributed by atoms with Crippen molar-refractivity contribution in [2.24, 2.45) is 0 Å². The first-order valence-corrected chi connectivity index (χ1v) is 15.8. The molecule has 0 fully saturated rings. The molecule has 0 aliphatic carbocycles. The Morgan fingerprint density at radius 2 is 0.886 bits per heavy atom. The van der Waals surface area contributed by atoms with Gasteiger partial charge in [-0.05, 0) is 44.9 Å². The summed E-state index contributed by atoms with van der Waals surface area (Å²) in [6.45, 7) is 5.15. The predicted octanol–water partition coefficient (Wildman–Crippen LogP) is 11.4. The van der Waals surface area contributed by atoms with Crippen molar-refractivity contribution in [1.82, 2.24) is 0 Å². The Bertz CT molecular complexity index is 466. The summed E-state index contributed by atoms with van der Waals surface area (Å²) < 4.78 is 5.40. The lowest BCUT2D eigenvalue weighted by Crippen LogP contribution is -2.05. The van der Waals surface area contributed by atoms with Crippen LogP contribution in [0, 0.1) is 0 Å². The Morgan fingerprint density at radius 1 is 0.486 bits per heavy atom. The van der Waals surface area contributed by atoms with Gasteiger partial charge in [0.25, 0.3) is 0 Å². The number of esters is 1. The van der Waals surface area contributed by atoms with Crippen LogP contribution in [0.4, 0.5) is 0 Å². The van der Waals surface area contributed by atoms with Crippen LogP contribution in [0.2, 0.25) is 0 Å². The fourth-order valence-electron chi connectivity index (χ4n) is 4.46. The number of carbonyl (C=O) groups excluding carboxylic acids is 1. The average Bonchev–Trinajstić information content (AvgIpc) is 2.86. The first-order valence-electron chi connectivity index (χ1n) is 15.8. The van der Waals surface area contributed by atoms with Crippen molar-refractivity contribution in [2.75, 3.05) is 6.61 Å². The summed E-state index contributed by atoms with van der Waals surface area (Å²) in [5.41, 5.74) is 0. The molecule has 0 saturated carbocycles. The van der Waals surface area contributed by atoms with E-state index in [-0.39, 0.29) is 5.97 Å². The summed E-state index contributed by atoms with van der Waals surface area (Å²) in [5, 5.41) is 0. The van der Waals surface area contributed by atoms with Crippen molar-refractivity contribution in [1.29, 1.82) is 0 Å². The monoisotopic (exact) mass is 490 g/mol. The van der Waals surface area contributed by atoms with Crippen molar-refractivity contribution in [3.8, 4) is 0 Å². The Kier molecular flexibility index (Phi) is 30.1. The van der Waals surface area contributed by atoms with E-state index in [1.54, 1.807) is 0 Å². The van der Waals surface area contributed by atoms with Crippen molar-refractivity contribution in [2.45, 2.75) is 174 Å². The SMILES string of the molecule is CCCCCC=CCC=CCCCCCC(=O)OCCCCCCCCCCCCCCCCC. The normalized spacial score (nSPS) is 11.7. The van der Waals surface area contributed by atoms with Gasteiger partial charge in [-0.25, -0.2) is 0 Å². The van der Waals surface area contributed by atoms with Crippen LogP contribution in [-0.2, 0) is 9.53 Å². The van der Waals surface area contributed by atoms with E-state index in [4.69, 9.17) is 4.74 Å². The van der Waals surface area contributed by atoms with E-state index in [1.807, 2.05) is 0 Å². The number of ether oxygens (including phenoxy) is 1. The lowest BCUT2D eigenvalue weighted by molar-refractivity contribution is -0.143. The lowest BCUT2D eigenvalue weighted by atomic mass is 10.0. The van der Waals surface area contributed by atoms with E-state index >= 15 is 0 Å². The van der Waals surface area contributed by atoms with Crippen molar-refractivity contribution < 1.29 is 9.53 Å². The van der Waals surface area contributed by atoms with Gasteiger partial charge < -0.3 is 4.74 Å². The minimum absolute atomic E-state index is 0.000819. The molecule has 35 heavy (non-hydrogen) atoms. The molecule has 0 atom stereocenters. The summed E-state index contributed by atoms with van der Waals surface area (Å²) in [4.78, 5) is 11.8. The Morgan fingerprint density at radius 3 is 1.40 bits per heavy atom. The van der Waals surface area contributed by atoms with E-state index in [0.29, 0.717) is 13.0 Å². The highest BCUT2D eigenvalue weighted by molar-refractivity contribution is 5.69. The molecule has 0 unspecified atom stereocenters. The first kappa shape index (κ1) is 34.0. The highest BCUT2D eigenvalue weighted by Gasteiger charge is 2.02. The maximum atomic E-state index is 11.8. The molecule has 0 aromatic rings. The van der Waals surface area contributed by atoms with Crippen LogP contribution in [0.1, 0.15) is 174 Å². The van der Waals surface area contributed by atoms with Gasteiger partial charge in [-0.2, -0.15) is 0 Å². The van der Waals surface area contributed by atoms with E-state index in [9.17, 15) is 4.79 Å². The largest absolute Gasteiger partial charge is 0.466 e. The second-order valence-electron chi connectivity index (χ2n) is 10.4. The molecule has 0 radical (unpaired) electrons. The maximum Gasteiger partial charge on any atom is 0.305 e. The third kappa shape index (κ3) is 30.9. The summed E-state index contributed by atoms with van der Waals surface area (Å²) >= 11 is 0. The fourth-order valence-corrected chi connectivity index (χ4v) is 4.46. The fraction of sp³-hybridized carbons (Fsp3) is 0.848. The standard InChI is InChI=1S/C33H62O2/c1-3-5-7-9-11-13-15-17-18-20-22-24-26-28-30-32-35-33(34)31-29-27-25-23-21-19-16-14-12-10-8-6-4-2/h12,14,19,21H,3-11,13,15-18,20,22-32H2,1-2H3. The molecule has 0 heterocycles. The van der Waals surface area contributed by atoms with Gasteiger partial charge in [-0.15, -0.1) is 0 Å². The van der Waals surface area contributed by atoms with Crippen LogP contribution in [0.25, 0.3) is 0 Å². The minimum atomic E-state index is -0.000819. The van der Waals surface area contributed by atoms with Gasteiger partial charge >= 0.3 is 5.97 Å². The molecule has 0 aromatic carbocycles. The van der Waals surface area contributed by atoms with Crippen LogP contribution in [0.5, 0.6) is 0 Å². The van der Waals surface area contributed by atoms with Crippen molar-refractivity contribution in [3.05, 3.63) is 24.3 Å². The molecule has 0 spiro atoms. The number of rotatable bonds is 28. The van der Waals surface area contributed by atoms with Crippen molar-refractivity contribution in [3.63, 3.8) is 0 Å². The molecule has 0 rings (SSSR count). The van der Waals surface area contributed by atoms with Crippen LogP contribution >= 0.6 is 0 Å². The number of allylic oxidation sites excluding steroid dienone is 4. The van der Waals surface area contributed by atoms with E-state index in [2.05, 4.69) is 38.2 Å². The smallest absolute Gasteiger partial charge is 0.305 e. The Labute approximate surface area is 220 Å². The summed E-state index contributed by atoms with van der Waals surface area (Å²) in [6, 6.07) is 0. The van der Waals surface area contributed by atoms with Crippen molar-refractivity contribution >= 4 is 5.97 Å². The second kappa shape index (κ2) is 31.0. The Balaban J connectivity index is 3.23. The molecule has 206 valence electrons. The number of hydrogen-bond donors (Lipinski definition) is 0. The molecule has 2 heteroatoms. The van der Waals surface area contributed by atoms with Crippen LogP contribution < -0.4 is 0 Å². The quantitative estimate of drug-likeness (QED) is 0.0619. The predicted molar refractivity (Wildman–Crippen MR) is 156 cm³/mol. The van der Waals surface area contributed by atoms with Gasteiger partial charge in [0, 0.05) is 6.42 Å². The Hall–Kier alpha value is -1.05. The third-order valence-corrected chi connectivity index (χ3v) is 6.84. The number of hydrogen-bond acceptors (Lipinski definition) is 2. The number of carbonyl (C=O) groups is 1. The van der Waals surface area contributed by atoms with Gasteiger partial charge in [-0.1, -0.05) is 147 Å².